The molecule has 6 nitrogen and oxygen atoms in total. The Kier molecular flexibility index (Phi) is 6.15. The average Bonchev–Trinajstić information content (AvgIpc) is 2.70. The van der Waals surface area contributed by atoms with Gasteiger partial charge in [-0.25, -0.2) is 4.39 Å². The van der Waals surface area contributed by atoms with Crippen molar-refractivity contribution in [2.75, 3.05) is 47.5 Å². The zero-order chi connectivity index (χ0) is 17.7. The summed E-state index contributed by atoms with van der Waals surface area (Å²) in [6.07, 6.45) is -0.0368. The van der Waals surface area contributed by atoms with Crippen LogP contribution in [-0.2, 0) is 16.1 Å². The van der Waals surface area contributed by atoms with E-state index in [1.165, 1.54) is 18.1 Å². The smallest absolute Gasteiger partial charge is 0.225 e. The van der Waals surface area contributed by atoms with Gasteiger partial charge in [0.05, 0.1) is 26.7 Å². The summed E-state index contributed by atoms with van der Waals surface area (Å²) < 4.78 is 24.8. The standard InChI is InChI=1S/C17H25FN2O4/c1-19(2)16(21)9-17(22)11-20(7-8-24-12-17)10-13-14(18)5-4-6-15(13)23-3/h4-6,22H,7-12H2,1-3H3/t17-/m1/s1. The lowest BCUT2D eigenvalue weighted by molar-refractivity contribution is -0.136. The maximum Gasteiger partial charge on any atom is 0.225 e. The summed E-state index contributed by atoms with van der Waals surface area (Å²) in [5.74, 6) is -0.0630. The van der Waals surface area contributed by atoms with Gasteiger partial charge >= 0.3 is 0 Å². The van der Waals surface area contributed by atoms with Crippen molar-refractivity contribution >= 4 is 5.91 Å². The first kappa shape index (κ1) is 18.6. The Morgan fingerprint density at radius 1 is 1.50 bits per heavy atom. The molecule has 1 saturated heterocycles. The lowest BCUT2D eigenvalue weighted by Gasteiger charge is -2.31. The molecule has 0 spiro atoms. The number of amides is 1. The first-order valence-electron chi connectivity index (χ1n) is 7.88. The molecule has 1 N–H and O–H groups in total. The molecule has 0 bridgehead atoms. The van der Waals surface area contributed by atoms with E-state index in [2.05, 4.69) is 0 Å². The number of benzene rings is 1. The predicted molar refractivity (Wildman–Crippen MR) is 87.3 cm³/mol. The van der Waals surface area contributed by atoms with E-state index in [1.807, 2.05) is 4.90 Å². The van der Waals surface area contributed by atoms with E-state index in [-0.39, 0.29) is 37.8 Å². The Hall–Kier alpha value is -1.70. The molecule has 2 rings (SSSR count). The molecule has 1 fully saturated rings. The average molecular weight is 340 g/mol. The minimum Gasteiger partial charge on any atom is -0.496 e. The van der Waals surface area contributed by atoms with Crippen molar-refractivity contribution in [2.24, 2.45) is 0 Å². The van der Waals surface area contributed by atoms with Gasteiger partial charge < -0.3 is 19.5 Å². The second-order valence-electron chi connectivity index (χ2n) is 6.37. The maximum absolute atomic E-state index is 14.1. The van der Waals surface area contributed by atoms with E-state index >= 15 is 0 Å². The highest BCUT2D eigenvalue weighted by Crippen LogP contribution is 2.25. The normalized spacial score (nSPS) is 22.0. The summed E-state index contributed by atoms with van der Waals surface area (Å²) in [6.45, 7) is 1.53. The van der Waals surface area contributed by atoms with Crippen molar-refractivity contribution in [3.05, 3.63) is 29.6 Å². The second-order valence-corrected chi connectivity index (χ2v) is 6.37. The number of carbonyl (C=O) groups is 1. The van der Waals surface area contributed by atoms with Gasteiger partial charge in [0.15, 0.2) is 0 Å². The van der Waals surface area contributed by atoms with Gasteiger partial charge in [-0.05, 0) is 12.1 Å². The fourth-order valence-corrected chi connectivity index (χ4v) is 2.79. The number of rotatable bonds is 5. The minimum atomic E-state index is -1.30. The van der Waals surface area contributed by atoms with Gasteiger partial charge in [-0.15, -0.1) is 0 Å². The van der Waals surface area contributed by atoms with Gasteiger partial charge in [0.25, 0.3) is 0 Å². The molecular formula is C17H25FN2O4. The molecule has 24 heavy (non-hydrogen) atoms. The van der Waals surface area contributed by atoms with Crippen LogP contribution in [0.25, 0.3) is 0 Å². The number of hydrogen-bond donors (Lipinski definition) is 1. The van der Waals surface area contributed by atoms with E-state index in [0.29, 0.717) is 24.5 Å². The first-order chi connectivity index (χ1) is 11.3. The van der Waals surface area contributed by atoms with Gasteiger partial charge in [0, 0.05) is 39.3 Å². The number of β-amino-alcohol motifs (C(OH)–C–C–N with tert-alkyl or cyclic N) is 1. The Morgan fingerprint density at radius 3 is 2.92 bits per heavy atom. The van der Waals surface area contributed by atoms with Gasteiger partial charge in [0.2, 0.25) is 5.91 Å². The molecule has 1 aliphatic heterocycles. The zero-order valence-electron chi connectivity index (χ0n) is 14.4. The topological polar surface area (TPSA) is 62.2 Å². The fraction of sp³-hybridized carbons (Fsp3) is 0.588. The molecule has 1 aliphatic rings. The van der Waals surface area contributed by atoms with Crippen LogP contribution in [0.5, 0.6) is 5.75 Å². The van der Waals surface area contributed by atoms with Crippen LogP contribution in [0.1, 0.15) is 12.0 Å². The quantitative estimate of drug-likeness (QED) is 0.862. The largest absolute Gasteiger partial charge is 0.496 e. The molecule has 1 atom stereocenters. The van der Waals surface area contributed by atoms with Gasteiger partial charge in [-0.3, -0.25) is 9.69 Å². The number of methoxy groups -OCH3 is 1. The third-order valence-electron chi connectivity index (χ3n) is 4.10. The number of nitrogens with zero attached hydrogens (tertiary/aromatic N) is 2. The molecule has 134 valence electrons. The minimum absolute atomic E-state index is 0.0368. The van der Waals surface area contributed by atoms with Crippen LogP contribution < -0.4 is 4.74 Å². The van der Waals surface area contributed by atoms with E-state index in [1.54, 1.807) is 26.2 Å². The third-order valence-corrected chi connectivity index (χ3v) is 4.10. The highest BCUT2D eigenvalue weighted by Gasteiger charge is 2.35. The lowest BCUT2D eigenvalue weighted by atomic mass is 9.99. The number of hydrogen-bond acceptors (Lipinski definition) is 5. The van der Waals surface area contributed by atoms with Crippen molar-refractivity contribution in [1.29, 1.82) is 0 Å². The molecule has 1 aromatic carbocycles. The fourth-order valence-electron chi connectivity index (χ4n) is 2.79. The van der Waals surface area contributed by atoms with Crippen LogP contribution in [0.2, 0.25) is 0 Å². The van der Waals surface area contributed by atoms with Crippen LogP contribution in [0.15, 0.2) is 18.2 Å². The van der Waals surface area contributed by atoms with Crippen molar-refractivity contribution in [3.8, 4) is 5.75 Å². The number of ether oxygens (including phenoxy) is 2. The predicted octanol–water partition coefficient (Wildman–Crippen LogP) is 0.876. The summed E-state index contributed by atoms with van der Waals surface area (Å²) in [4.78, 5) is 15.3. The molecule has 1 heterocycles. The Morgan fingerprint density at radius 2 is 2.25 bits per heavy atom. The molecule has 0 unspecified atom stereocenters. The molecule has 1 aromatic rings. The van der Waals surface area contributed by atoms with E-state index in [4.69, 9.17) is 9.47 Å². The van der Waals surface area contributed by atoms with Crippen LogP contribution >= 0.6 is 0 Å². The number of carbonyl (C=O) groups excluding carboxylic acids is 1. The van der Waals surface area contributed by atoms with Gasteiger partial charge in [-0.2, -0.15) is 0 Å². The number of halogens is 1. The Labute approximate surface area is 141 Å². The van der Waals surface area contributed by atoms with Crippen molar-refractivity contribution in [2.45, 2.75) is 18.6 Å². The monoisotopic (exact) mass is 340 g/mol. The summed E-state index contributed by atoms with van der Waals surface area (Å²) in [7, 11) is 4.78. The number of aliphatic hydroxyl groups is 1. The maximum atomic E-state index is 14.1. The van der Waals surface area contributed by atoms with Crippen molar-refractivity contribution in [3.63, 3.8) is 0 Å². The molecular weight excluding hydrogens is 315 g/mol. The SMILES string of the molecule is COc1cccc(F)c1CN1CCOC[C@@](O)(CC(=O)N(C)C)C1. The first-order valence-corrected chi connectivity index (χ1v) is 7.88. The summed E-state index contributed by atoms with van der Waals surface area (Å²) >= 11 is 0. The summed E-state index contributed by atoms with van der Waals surface area (Å²) in [5, 5.41) is 10.8. The Balaban J connectivity index is 2.14. The highest BCUT2D eigenvalue weighted by molar-refractivity contribution is 5.76. The van der Waals surface area contributed by atoms with Crippen LogP contribution in [-0.4, -0.2) is 73.9 Å². The molecule has 0 aromatic heterocycles. The molecule has 7 heteroatoms. The van der Waals surface area contributed by atoms with Crippen molar-refractivity contribution < 1.29 is 23.8 Å². The molecule has 0 saturated carbocycles. The van der Waals surface area contributed by atoms with Crippen LogP contribution in [0, 0.1) is 5.82 Å². The molecule has 0 aliphatic carbocycles. The summed E-state index contributed by atoms with van der Waals surface area (Å²) in [6, 6.07) is 4.68. The van der Waals surface area contributed by atoms with Crippen LogP contribution in [0.3, 0.4) is 0 Å². The van der Waals surface area contributed by atoms with E-state index in [0.717, 1.165) is 0 Å². The van der Waals surface area contributed by atoms with Gasteiger partial charge in [0.1, 0.15) is 17.2 Å². The van der Waals surface area contributed by atoms with E-state index < -0.39 is 5.60 Å². The highest BCUT2D eigenvalue weighted by atomic mass is 19.1. The van der Waals surface area contributed by atoms with Crippen LogP contribution in [0.4, 0.5) is 4.39 Å². The molecule has 0 radical (unpaired) electrons. The zero-order valence-corrected chi connectivity index (χ0v) is 14.4. The summed E-state index contributed by atoms with van der Waals surface area (Å²) in [5.41, 5.74) is -0.862. The van der Waals surface area contributed by atoms with E-state index in [9.17, 15) is 14.3 Å². The Bertz CT molecular complexity index is 582. The van der Waals surface area contributed by atoms with Gasteiger partial charge in [-0.1, -0.05) is 6.07 Å². The molecule has 1 amide bonds. The lowest BCUT2D eigenvalue weighted by Crippen LogP contribution is -2.47. The third kappa shape index (κ3) is 4.66. The second kappa shape index (κ2) is 7.92. The van der Waals surface area contributed by atoms with Crippen molar-refractivity contribution in [1.82, 2.24) is 9.80 Å².